The molecule has 3 unspecified atom stereocenters. The Morgan fingerprint density at radius 1 is 1.36 bits per heavy atom. The topological polar surface area (TPSA) is 91.7 Å². The maximum Gasteiger partial charge on any atom is 0.308 e. The Balaban J connectivity index is 0.00000136. The summed E-state index contributed by atoms with van der Waals surface area (Å²) in [4.78, 5) is 16.1. The second-order valence-corrected chi connectivity index (χ2v) is 7.05. The van der Waals surface area contributed by atoms with E-state index in [-0.39, 0.29) is 24.1 Å². The van der Waals surface area contributed by atoms with Crippen LogP contribution in [0.25, 0.3) is 5.52 Å². The van der Waals surface area contributed by atoms with Crippen molar-refractivity contribution in [1.29, 1.82) is 0 Å². The summed E-state index contributed by atoms with van der Waals surface area (Å²) >= 11 is 0. The fourth-order valence-corrected chi connectivity index (χ4v) is 3.40. The van der Waals surface area contributed by atoms with Crippen LogP contribution in [0.2, 0.25) is 0 Å². The maximum atomic E-state index is 12.1. The monoisotopic (exact) mass is 390 g/mol. The highest BCUT2D eigenvalue weighted by Crippen LogP contribution is 2.34. The normalized spacial score (nSPS) is 19.9. The number of esters is 1. The molecule has 2 aromatic rings. The number of nitrogens with two attached hydrogens (primary N) is 1. The Morgan fingerprint density at radius 2 is 2.14 bits per heavy atom. The molecule has 0 bridgehead atoms. The number of ether oxygens (including phenoxy) is 2. The van der Waals surface area contributed by atoms with Gasteiger partial charge in [0, 0.05) is 0 Å². The minimum absolute atomic E-state index is 0.0481. The Kier molecular flexibility index (Phi) is 8.70. The molecule has 0 spiro atoms. The Bertz CT molecular complexity index is 746. The molecule has 1 fully saturated rings. The highest BCUT2D eigenvalue weighted by Gasteiger charge is 2.30. The Hall–Kier alpha value is -2.15. The third-order valence-electron chi connectivity index (χ3n) is 5.00. The molecule has 1 aliphatic heterocycles. The number of carbonyl (C=O) groups excluding carboxylic acids is 1. The van der Waals surface area contributed by atoms with E-state index < -0.39 is 0 Å². The second-order valence-electron chi connectivity index (χ2n) is 7.05. The van der Waals surface area contributed by atoms with E-state index in [9.17, 15) is 4.79 Å². The molecule has 0 saturated carbocycles. The zero-order chi connectivity index (χ0) is 20.5. The van der Waals surface area contributed by atoms with E-state index >= 15 is 0 Å². The van der Waals surface area contributed by atoms with Gasteiger partial charge in [0.2, 0.25) is 0 Å². The van der Waals surface area contributed by atoms with Crippen molar-refractivity contribution < 1.29 is 14.3 Å². The van der Waals surface area contributed by atoms with E-state index in [0.717, 1.165) is 49.7 Å². The van der Waals surface area contributed by atoms with Crippen LogP contribution in [-0.4, -0.2) is 33.3 Å². The van der Waals surface area contributed by atoms with Gasteiger partial charge in [-0.15, -0.1) is 0 Å². The van der Waals surface area contributed by atoms with Gasteiger partial charge in [-0.3, -0.25) is 4.79 Å². The van der Waals surface area contributed by atoms with Crippen LogP contribution in [0.15, 0.2) is 18.5 Å². The summed E-state index contributed by atoms with van der Waals surface area (Å²) in [5, 5.41) is 4.26. The first-order chi connectivity index (χ1) is 13.6. The van der Waals surface area contributed by atoms with Crippen molar-refractivity contribution >= 4 is 17.3 Å². The van der Waals surface area contributed by atoms with Crippen molar-refractivity contribution in [3.63, 3.8) is 0 Å². The van der Waals surface area contributed by atoms with Crippen LogP contribution in [0, 0.1) is 5.92 Å². The summed E-state index contributed by atoms with van der Waals surface area (Å²) in [6.07, 6.45) is 7.29. The van der Waals surface area contributed by atoms with Crippen molar-refractivity contribution in [3.8, 4) is 0 Å². The zero-order valence-corrected chi connectivity index (χ0v) is 17.6. The van der Waals surface area contributed by atoms with Crippen LogP contribution in [-0.2, 0) is 14.3 Å². The minimum Gasteiger partial charge on any atom is -0.463 e. The molecule has 0 radical (unpaired) electrons. The molecule has 3 heterocycles. The number of carbonyl (C=O) groups is 1. The molecule has 7 heteroatoms. The third kappa shape index (κ3) is 5.44. The number of nitrogens with zero attached hydrogens (tertiary/aromatic N) is 3. The van der Waals surface area contributed by atoms with Gasteiger partial charge in [-0.2, -0.15) is 5.10 Å². The molecule has 0 aromatic carbocycles. The molecule has 0 aliphatic carbocycles. The summed E-state index contributed by atoms with van der Waals surface area (Å²) in [6, 6.07) is 3.87. The van der Waals surface area contributed by atoms with Crippen LogP contribution >= 0.6 is 0 Å². The van der Waals surface area contributed by atoms with Gasteiger partial charge in [-0.05, 0) is 31.4 Å². The number of hydrogen-bond donors (Lipinski definition) is 1. The predicted octanol–water partition coefficient (Wildman–Crippen LogP) is 4.32. The smallest absolute Gasteiger partial charge is 0.308 e. The molecule has 2 N–H and O–H groups in total. The van der Waals surface area contributed by atoms with Gasteiger partial charge < -0.3 is 15.2 Å². The largest absolute Gasteiger partial charge is 0.463 e. The lowest BCUT2D eigenvalue weighted by atomic mass is 10.0. The summed E-state index contributed by atoms with van der Waals surface area (Å²) in [5.74, 6) is 0.279. The Morgan fingerprint density at radius 3 is 2.89 bits per heavy atom. The average molecular weight is 391 g/mol. The van der Waals surface area contributed by atoms with Crippen molar-refractivity contribution in [1.82, 2.24) is 14.6 Å². The number of rotatable bonds is 8. The van der Waals surface area contributed by atoms with Crippen LogP contribution in [0.1, 0.15) is 78.0 Å². The number of aromatic nitrogens is 3. The quantitative estimate of drug-likeness (QED) is 0.533. The standard InChI is InChI=1S/C19H28N4O3.C2H6/c1-3-4-5-6-13(2)19(24)25-11-14-7-10-17(26-14)15-8-9-16-18(20)21-12-22-23(15)16;1-2/h8-9,12-14,17H,3-7,10-11H2,1-2H3,(H2,20,21,22);1-2H3. The lowest BCUT2D eigenvalue weighted by Crippen LogP contribution is -2.22. The predicted molar refractivity (Wildman–Crippen MR) is 110 cm³/mol. The number of hydrogen-bond acceptors (Lipinski definition) is 6. The minimum atomic E-state index is -0.123. The van der Waals surface area contributed by atoms with E-state index in [2.05, 4.69) is 17.0 Å². The number of anilines is 1. The van der Waals surface area contributed by atoms with Crippen molar-refractivity contribution in [2.75, 3.05) is 12.3 Å². The summed E-state index contributed by atoms with van der Waals surface area (Å²) < 4.78 is 13.3. The molecule has 3 rings (SSSR count). The summed E-state index contributed by atoms with van der Waals surface area (Å²) in [5.41, 5.74) is 7.61. The van der Waals surface area contributed by atoms with Gasteiger partial charge in [0.15, 0.2) is 5.82 Å². The molecule has 1 saturated heterocycles. The van der Waals surface area contributed by atoms with Gasteiger partial charge in [-0.1, -0.05) is 47.0 Å². The number of nitrogen functional groups attached to an aromatic ring is 1. The molecule has 28 heavy (non-hydrogen) atoms. The molecule has 1 aliphatic rings. The van der Waals surface area contributed by atoms with E-state index in [1.807, 2.05) is 32.9 Å². The molecule has 2 aromatic heterocycles. The fraction of sp³-hybridized carbons (Fsp3) is 0.667. The van der Waals surface area contributed by atoms with Gasteiger partial charge in [0.25, 0.3) is 0 Å². The van der Waals surface area contributed by atoms with E-state index in [1.54, 1.807) is 4.52 Å². The van der Waals surface area contributed by atoms with Crippen LogP contribution in [0.5, 0.6) is 0 Å². The third-order valence-corrected chi connectivity index (χ3v) is 5.00. The summed E-state index contributed by atoms with van der Waals surface area (Å²) in [6.45, 7) is 8.41. The molecule has 156 valence electrons. The Labute approximate surface area is 167 Å². The van der Waals surface area contributed by atoms with Crippen molar-refractivity contribution in [2.24, 2.45) is 5.92 Å². The van der Waals surface area contributed by atoms with E-state index in [1.165, 1.54) is 6.33 Å². The highest BCUT2D eigenvalue weighted by atomic mass is 16.6. The van der Waals surface area contributed by atoms with Crippen molar-refractivity contribution in [2.45, 2.75) is 78.4 Å². The first-order valence-corrected chi connectivity index (χ1v) is 10.5. The zero-order valence-electron chi connectivity index (χ0n) is 17.6. The molecule has 3 atom stereocenters. The van der Waals surface area contributed by atoms with Gasteiger partial charge in [0.05, 0.1) is 17.7 Å². The lowest BCUT2D eigenvalue weighted by molar-refractivity contribution is -0.152. The molecular weight excluding hydrogens is 356 g/mol. The van der Waals surface area contributed by atoms with Crippen LogP contribution < -0.4 is 5.73 Å². The maximum absolute atomic E-state index is 12.1. The number of unbranched alkanes of at least 4 members (excludes halogenated alkanes) is 2. The van der Waals surface area contributed by atoms with Gasteiger partial charge >= 0.3 is 5.97 Å². The van der Waals surface area contributed by atoms with E-state index in [4.69, 9.17) is 15.2 Å². The SMILES string of the molecule is CC.CCCCCC(C)C(=O)OCC1CCC(c2ccc3c(N)ncnn23)O1. The highest BCUT2D eigenvalue weighted by molar-refractivity contribution is 5.71. The molecule has 0 amide bonds. The fourth-order valence-electron chi connectivity index (χ4n) is 3.40. The second kappa shape index (κ2) is 11.0. The first-order valence-electron chi connectivity index (χ1n) is 10.5. The van der Waals surface area contributed by atoms with Crippen molar-refractivity contribution in [3.05, 3.63) is 24.2 Å². The van der Waals surface area contributed by atoms with Gasteiger partial charge in [0.1, 0.15) is 24.6 Å². The van der Waals surface area contributed by atoms with Gasteiger partial charge in [-0.25, -0.2) is 9.50 Å². The average Bonchev–Trinajstić information content (AvgIpc) is 3.35. The number of fused-ring (bicyclic) bond motifs is 1. The van der Waals surface area contributed by atoms with Crippen LogP contribution in [0.3, 0.4) is 0 Å². The summed E-state index contributed by atoms with van der Waals surface area (Å²) in [7, 11) is 0. The molecular formula is C21H34N4O3. The first kappa shape index (κ1) is 22.1. The molecule has 7 nitrogen and oxygen atoms in total. The van der Waals surface area contributed by atoms with Crippen LogP contribution in [0.4, 0.5) is 5.82 Å². The van der Waals surface area contributed by atoms with E-state index in [0.29, 0.717) is 12.4 Å². The lowest BCUT2D eigenvalue weighted by Gasteiger charge is -2.16.